The normalized spacial score (nSPS) is 11.4. The fourth-order valence-electron chi connectivity index (χ4n) is 4.30. The molecule has 3 heterocycles. The van der Waals surface area contributed by atoms with Crippen molar-refractivity contribution in [3.05, 3.63) is 106 Å². The van der Waals surface area contributed by atoms with E-state index in [1.54, 1.807) is 0 Å². The molecule has 1 amide bonds. The molecule has 0 radical (unpaired) electrons. The number of ether oxygens (including phenoxy) is 2. The number of carbonyl (C=O) groups excluding carboxylic acids is 1. The molecule has 1 atom stereocenters. The van der Waals surface area contributed by atoms with Gasteiger partial charge in [0.05, 0.1) is 17.3 Å². The monoisotopic (exact) mass is 610 g/mol. The van der Waals surface area contributed by atoms with Gasteiger partial charge in [0.15, 0.2) is 11.7 Å². The van der Waals surface area contributed by atoms with Gasteiger partial charge in [-0.05, 0) is 28.8 Å². The zero-order chi connectivity index (χ0) is 31.1. The minimum absolute atomic E-state index is 0.00339. The van der Waals surface area contributed by atoms with E-state index in [2.05, 4.69) is 31.5 Å². The van der Waals surface area contributed by atoms with Gasteiger partial charge in [-0.15, -0.1) is 21.5 Å². The molecule has 0 fully saturated rings. The van der Waals surface area contributed by atoms with Crippen LogP contribution in [0.1, 0.15) is 43.3 Å². The number of fused-ring (bicyclic) bond motifs is 1. The molecule has 224 valence electrons. The van der Waals surface area contributed by atoms with Gasteiger partial charge in [0.2, 0.25) is 17.5 Å². The number of thiazole rings is 1. The smallest absolute Gasteiger partial charge is 0.297 e. The number of benzene rings is 3. The number of H-pyrrole nitrogens is 1. The van der Waals surface area contributed by atoms with Crippen LogP contribution in [0.2, 0.25) is 0 Å². The fourth-order valence-corrected chi connectivity index (χ4v) is 5.35. The standard InChI is InChI=1S/C30H24N6O5S.C2H6/c1-17(37)31-24(29-32-21-14-13-20(15-22(21)42-29)19-11-7-4-8-12-19)28-36-35-27(41-28)23-25(26(38)34-30(33-23)39-2)40-16-18-9-5-3-6-10-18;1-2/h3-15,24H,16H2,1-2H3,(H,31,37)(H,33,34,38);1-2H3. The summed E-state index contributed by atoms with van der Waals surface area (Å²) < 4.78 is 17.9. The topological polar surface area (TPSA) is 145 Å². The highest BCUT2D eigenvalue weighted by Crippen LogP contribution is 2.34. The average molecular weight is 611 g/mol. The van der Waals surface area contributed by atoms with Crippen LogP contribution >= 0.6 is 11.3 Å². The summed E-state index contributed by atoms with van der Waals surface area (Å²) in [7, 11) is 1.37. The molecule has 3 aromatic heterocycles. The summed E-state index contributed by atoms with van der Waals surface area (Å²) in [4.78, 5) is 36.7. The molecule has 0 saturated carbocycles. The van der Waals surface area contributed by atoms with Gasteiger partial charge in [0.25, 0.3) is 17.5 Å². The summed E-state index contributed by atoms with van der Waals surface area (Å²) in [6.07, 6.45) is 0. The highest BCUT2D eigenvalue weighted by Gasteiger charge is 2.28. The van der Waals surface area contributed by atoms with Crippen LogP contribution in [0.15, 0.2) is 88.1 Å². The lowest BCUT2D eigenvalue weighted by molar-refractivity contribution is -0.119. The molecule has 0 spiro atoms. The van der Waals surface area contributed by atoms with Gasteiger partial charge in [-0.2, -0.15) is 4.98 Å². The van der Waals surface area contributed by atoms with Crippen molar-refractivity contribution in [2.75, 3.05) is 7.11 Å². The third-order valence-corrected chi connectivity index (χ3v) is 7.35. The van der Waals surface area contributed by atoms with E-state index in [1.807, 2.05) is 86.6 Å². The number of hydrogen-bond donors (Lipinski definition) is 2. The Morgan fingerprint density at radius 2 is 1.70 bits per heavy atom. The molecular formula is C32H30N6O5S. The molecule has 0 aliphatic carbocycles. The Labute approximate surface area is 257 Å². The van der Waals surface area contributed by atoms with E-state index in [0.717, 1.165) is 26.9 Å². The van der Waals surface area contributed by atoms with Crippen LogP contribution in [0, 0.1) is 0 Å². The van der Waals surface area contributed by atoms with Gasteiger partial charge in [0.1, 0.15) is 11.6 Å². The van der Waals surface area contributed by atoms with Crippen molar-refractivity contribution in [2.24, 2.45) is 0 Å². The second kappa shape index (κ2) is 13.7. The summed E-state index contributed by atoms with van der Waals surface area (Å²) in [5.74, 6) is -0.441. The van der Waals surface area contributed by atoms with E-state index in [4.69, 9.17) is 18.9 Å². The number of aromatic nitrogens is 5. The molecule has 0 bridgehead atoms. The predicted molar refractivity (Wildman–Crippen MR) is 168 cm³/mol. The maximum absolute atomic E-state index is 12.9. The third-order valence-electron chi connectivity index (χ3n) is 6.27. The van der Waals surface area contributed by atoms with Gasteiger partial charge in [-0.1, -0.05) is 80.6 Å². The lowest BCUT2D eigenvalue weighted by Gasteiger charge is -2.11. The first-order valence-corrected chi connectivity index (χ1v) is 14.7. The van der Waals surface area contributed by atoms with Crippen molar-refractivity contribution in [3.63, 3.8) is 0 Å². The SMILES string of the molecule is CC.COc1nc(-c2nnc(C(NC(C)=O)c3nc4ccc(-c5ccccc5)cc4s3)o2)c(OCc2ccccc2)c(=O)[nH]1. The number of aromatic amines is 1. The predicted octanol–water partition coefficient (Wildman–Crippen LogP) is 5.94. The number of amides is 1. The second-order valence-corrected chi connectivity index (χ2v) is 10.3. The Kier molecular flexibility index (Phi) is 9.40. The molecule has 1 unspecified atom stereocenters. The summed E-state index contributed by atoms with van der Waals surface area (Å²) >= 11 is 1.40. The van der Waals surface area contributed by atoms with Crippen molar-refractivity contribution < 1.29 is 18.7 Å². The van der Waals surface area contributed by atoms with Crippen LogP contribution in [0.5, 0.6) is 11.8 Å². The lowest BCUT2D eigenvalue weighted by Crippen LogP contribution is -2.27. The highest BCUT2D eigenvalue weighted by atomic mass is 32.1. The van der Waals surface area contributed by atoms with E-state index in [1.165, 1.54) is 25.4 Å². The summed E-state index contributed by atoms with van der Waals surface area (Å²) in [5, 5.41) is 11.7. The molecule has 6 aromatic rings. The van der Waals surface area contributed by atoms with Crippen LogP contribution in [0.3, 0.4) is 0 Å². The zero-order valence-corrected chi connectivity index (χ0v) is 25.3. The fraction of sp³-hybridized carbons (Fsp3) is 0.188. The number of rotatable bonds is 9. The Bertz CT molecular complexity index is 1920. The maximum atomic E-state index is 12.9. The van der Waals surface area contributed by atoms with Crippen molar-refractivity contribution in [1.29, 1.82) is 0 Å². The largest absolute Gasteiger partial charge is 0.481 e. The van der Waals surface area contributed by atoms with Crippen molar-refractivity contribution in [3.8, 4) is 34.5 Å². The molecule has 3 aromatic carbocycles. The first-order valence-electron chi connectivity index (χ1n) is 13.9. The number of nitrogens with zero attached hydrogens (tertiary/aromatic N) is 4. The maximum Gasteiger partial charge on any atom is 0.297 e. The number of methoxy groups -OCH3 is 1. The van der Waals surface area contributed by atoms with E-state index >= 15 is 0 Å². The van der Waals surface area contributed by atoms with Crippen molar-refractivity contribution in [1.82, 2.24) is 30.5 Å². The quantitative estimate of drug-likeness (QED) is 0.203. The molecular weight excluding hydrogens is 580 g/mol. The minimum atomic E-state index is -0.834. The van der Waals surface area contributed by atoms with Crippen LogP contribution in [-0.4, -0.2) is 38.2 Å². The van der Waals surface area contributed by atoms with Gasteiger partial charge < -0.3 is 19.2 Å². The molecule has 44 heavy (non-hydrogen) atoms. The zero-order valence-electron chi connectivity index (χ0n) is 24.5. The summed E-state index contributed by atoms with van der Waals surface area (Å²) in [5.41, 5.74) is 3.17. The Morgan fingerprint density at radius 3 is 2.41 bits per heavy atom. The second-order valence-electron chi connectivity index (χ2n) is 9.21. The Balaban J connectivity index is 0.00000188. The first kappa shape index (κ1) is 30.1. The molecule has 0 saturated heterocycles. The molecule has 0 aliphatic heterocycles. The third kappa shape index (κ3) is 6.65. The van der Waals surface area contributed by atoms with Gasteiger partial charge >= 0.3 is 0 Å². The van der Waals surface area contributed by atoms with Gasteiger partial charge in [-0.3, -0.25) is 14.6 Å². The number of carbonyl (C=O) groups is 1. The first-order chi connectivity index (χ1) is 21.5. The summed E-state index contributed by atoms with van der Waals surface area (Å²) in [6.45, 7) is 5.50. The molecule has 12 heteroatoms. The van der Waals surface area contributed by atoms with Crippen LogP contribution in [0.4, 0.5) is 0 Å². The van der Waals surface area contributed by atoms with Gasteiger partial charge in [0, 0.05) is 6.92 Å². The van der Waals surface area contributed by atoms with Crippen molar-refractivity contribution >= 4 is 27.5 Å². The molecule has 2 N–H and O–H groups in total. The van der Waals surface area contributed by atoms with E-state index in [-0.39, 0.29) is 41.7 Å². The van der Waals surface area contributed by atoms with Crippen LogP contribution < -0.4 is 20.3 Å². The average Bonchev–Trinajstić information content (AvgIpc) is 3.72. The van der Waals surface area contributed by atoms with E-state index < -0.39 is 11.6 Å². The number of nitrogens with one attached hydrogen (secondary N) is 2. The van der Waals surface area contributed by atoms with Crippen LogP contribution in [0.25, 0.3) is 32.9 Å². The molecule has 6 rings (SSSR count). The Morgan fingerprint density at radius 1 is 0.977 bits per heavy atom. The molecule has 0 aliphatic rings. The van der Waals surface area contributed by atoms with E-state index in [9.17, 15) is 9.59 Å². The summed E-state index contributed by atoms with van der Waals surface area (Å²) in [6, 6.07) is 24.5. The number of hydrogen-bond acceptors (Lipinski definition) is 10. The Hall–Kier alpha value is -5.36. The molecule has 11 nitrogen and oxygen atoms in total. The van der Waals surface area contributed by atoms with Crippen molar-refractivity contribution in [2.45, 2.75) is 33.4 Å². The minimum Gasteiger partial charge on any atom is -0.481 e. The highest BCUT2D eigenvalue weighted by molar-refractivity contribution is 7.18. The lowest BCUT2D eigenvalue weighted by atomic mass is 10.1. The van der Waals surface area contributed by atoms with Crippen LogP contribution in [-0.2, 0) is 11.4 Å². The van der Waals surface area contributed by atoms with E-state index in [0.29, 0.717) is 5.01 Å². The van der Waals surface area contributed by atoms with Gasteiger partial charge in [-0.25, -0.2) is 4.98 Å².